The fraction of sp³-hybridized carbons (Fsp3) is 0.480. The van der Waals surface area contributed by atoms with Gasteiger partial charge in [-0.25, -0.2) is 0 Å². The Morgan fingerprint density at radius 3 is 2.67 bits per heavy atom. The second-order valence-electron chi connectivity index (χ2n) is 8.55. The monoisotopic (exact) mass is 408 g/mol. The number of fused-ring (bicyclic) bond motifs is 1. The number of hydrogen-bond acceptors (Lipinski definition) is 4. The van der Waals surface area contributed by atoms with E-state index in [0.29, 0.717) is 26.1 Å². The summed E-state index contributed by atoms with van der Waals surface area (Å²) in [6.45, 7) is 7.79. The van der Waals surface area contributed by atoms with Crippen LogP contribution in [0.5, 0.6) is 11.5 Å². The second-order valence-corrected chi connectivity index (χ2v) is 8.55. The maximum Gasteiger partial charge on any atom is 0.220 e. The van der Waals surface area contributed by atoms with Crippen LogP contribution in [0, 0.1) is 5.92 Å². The zero-order chi connectivity index (χ0) is 20.9. The Kier molecular flexibility index (Phi) is 6.46. The molecule has 0 bridgehead atoms. The van der Waals surface area contributed by atoms with Crippen molar-refractivity contribution in [2.45, 2.75) is 45.6 Å². The lowest BCUT2D eigenvalue weighted by Crippen LogP contribution is -2.34. The highest BCUT2D eigenvalue weighted by atomic mass is 16.6. The summed E-state index contributed by atoms with van der Waals surface area (Å²) in [7, 11) is 0. The Morgan fingerprint density at radius 2 is 1.90 bits per heavy atom. The van der Waals surface area contributed by atoms with Crippen LogP contribution >= 0.6 is 0 Å². The maximum atomic E-state index is 12.5. The largest absolute Gasteiger partial charge is 0.486 e. The molecular formula is C25H32N2O3. The van der Waals surface area contributed by atoms with E-state index >= 15 is 0 Å². The molecule has 2 aliphatic rings. The highest BCUT2D eigenvalue weighted by Gasteiger charge is 2.17. The quantitative estimate of drug-likeness (QED) is 0.764. The summed E-state index contributed by atoms with van der Waals surface area (Å²) in [4.78, 5) is 14.9. The minimum absolute atomic E-state index is 0.00732. The Bertz CT molecular complexity index is 865. The molecule has 0 saturated carbocycles. The number of carbonyl (C=O) groups is 1. The Balaban J connectivity index is 1.28. The van der Waals surface area contributed by atoms with Gasteiger partial charge in [-0.1, -0.05) is 25.1 Å². The average Bonchev–Trinajstić information content (AvgIpc) is 2.77. The van der Waals surface area contributed by atoms with Gasteiger partial charge in [-0.3, -0.25) is 4.79 Å². The normalized spacial score (nSPS) is 19.3. The average molecular weight is 409 g/mol. The van der Waals surface area contributed by atoms with Gasteiger partial charge < -0.3 is 19.7 Å². The van der Waals surface area contributed by atoms with Gasteiger partial charge in [0.15, 0.2) is 11.5 Å². The van der Waals surface area contributed by atoms with Gasteiger partial charge in [-0.15, -0.1) is 0 Å². The van der Waals surface area contributed by atoms with Crippen molar-refractivity contribution in [2.24, 2.45) is 5.92 Å². The molecular weight excluding hydrogens is 376 g/mol. The molecule has 2 atom stereocenters. The van der Waals surface area contributed by atoms with Crippen molar-refractivity contribution in [3.63, 3.8) is 0 Å². The highest BCUT2D eigenvalue weighted by Crippen LogP contribution is 2.31. The number of carbonyl (C=O) groups excluding carboxylic acids is 1. The molecule has 2 unspecified atom stereocenters. The zero-order valence-corrected chi connectivity index (χ0v) is 18.0. The lowest BCUT2D eigenvalue weighted by molar-refractivity contribution is -0.121. The third kappa shape index (κ3) is 5.07. The van der Waals surface area contributed by atoms with E-state index < -0.39 is 0 Å². The maximum absolute atomic E-state index is 12.5. The Labute approximate surface area is 179 Å². The van der Waals surface area contributed by atoms with Gasteiger partial charge in [0.05, 0.1) is 6.04 Å². The Morgan fingerprint density at radius 1 is 1.13 bits per heavy atom. The van der Waals surface area contributed by atoms with Crippen LogP contribution in [0.1, 0.15) is 50.3 Å². The minimum Gasteiger partial charge on any atom is -0.486 e. The first-order valence-corrected chi connectivity index (χ1v) is 11.1. The molecule has 2 aromatic carbocycles. The number of nitrogens with zero attached hydrogens (tertiary/aromatic N) is 1. The van der Waals surface area contributed by atoms with Gasteiger partial charge >= 0.3 is 0 Å². The van der Waals surface area contributed by atoms with Crippen molar-refractivity contribution >= 4 is 11.6 Å². The molecule has 0 aliphatic carbocycles. The molecule has 2 aliphatic heterocycles. The number of anilines is 1. The summed E-state index contributed by atoms with van der Waals surface area (Å²) in [6.07, 6.45) is 3.72. The number of nitrogens with one attached hydrogen (secondary N) is 1. The lowest BCUT2D eigenvalue weighted by atomic mass is 9.99. The first-order chi connectivity index (χ1) is 14.6. The predicted octanol–water partition coefficient (Wildman–Crippen LogP) is 4.50. The van der Waals surface area contributed by atoms with Gasteiger partial charge in [0.2, 0.25) is 5.91 Å². The summed E-state index contributed by atoms with van der Waals surface area (Å²) < 4.78 is 11.2. The van der Waals surface area contributed by atoms with Gasteiger partial charge in [-0.05, 0) is 67.5 Å². The number of piperidine rings is 1. The van der Waals surface area contributed by atoms with Crippen LogP contribution in [0.3, 0.4) is 0 Å². The molecule has 4 rings (SSSR count). The number of benzene rings is 2. The summed E-state index contributed by atoms with van der Waals surface area (Å²) in [6, 6.07) is 14.6. The van der Waals surface area contributed by atoms with Crippen LogP contribution in [-0.4, -0.2) is 32.2 Å². The third-order valence-corrected chi connectivity index (χ3v) is 6.04. The SMILES string of the molecule is CC1CCCN(c2ccc(C(C)NC(=O)CCc3ccc4c(c3)OCCO4)cc2)C1. The van der Waals surface area contributed by atoms with Crippen LogP contribution in [-0.2, 0) is 11.2 Å². The number of amides is 1. The van der Waals surface area contributed by atoms with Crippen molar-refractivity contribution < 1.29 is 14.3 Å². The van der Waals surface area contributed by atoms with E-state index in [1.165, 1.54) is 18.5 Å². The molecule has 0 radical (unpaired) electrons. The van der Waals surface area contributed by atoms with Crippen LogP contribution in [0.15, 0.2) is 42.5 Å². The van der Waals surface area contributed by atoms with Crippen molar-refractivity contribution in [1.29, 1.82) is 0 Å². The molecule has 1 saturated heterocycles. The number of hydrogen-bond donors (Lipinski definition) is 1. The van der Waals surface area contributed by atoms with Crippen molar-refractivity contribution in [3.05, 3.63) is 53.6 Å². The summed E-state index contributed by atoms with van der Waals surface area (Å²) in [5.74, 6) is 2.37. The van der Waals surface area contributed by atoms with Crippen LogP contribution in [0.2, 0.25) is 0 Å². The van der Waals surface area contributed by atoms with Gasteiger partial charge in [0.1, 0.15) is 13.2 Å². The van der Waals surface area contributed by atoms with Gasteiger partial charge in [0.25, 0.3) is 0 Å². The molecule has 2 aromatic rings. The van der Waals surface area contributed by atoms with Crippen molar-refractivity contribution in [3.8, 4) is 11.5 Å². The summed E-state index contributed by atoms with van der Waals surface area (Å²) >= 11 is 0. The predicted molar refractivity (Wildman–Crippen MR) is 119 cm³/mol. The molecule has 160 valence electrons. The summed E-state index contributed by atoms with van der Waals surface area (Å²) in [5, 5.41) is 3.13. The molecule has 0 aromatic heterocycles. The number of rotatable bonds is 6. The van der Waals surface area contributed by atoms with Crippen LogP contribution < -0.4 is 19.7 Å². The third-order valence-electron chi connectivity index (χ3n) is 6.04. The smallest absolute Gasteiger partial charge is 0.220 e. The number of aryl methyl sites for hydroxylation is 1. The number of ether oxygens (including phenoxy) is 2. The molecule has 2 heterocycles. The Hall–Kier alpha value is -2.69. The first-order valence-electron chi connectivity index (χ1n) is 11.1. The van der Waals surface area contributed by atoms with E-state index in [4.69, 9.17) is 9.47 Å². The first kappa shape index (κ1) is 20.6. The van der Waals surface area contributed by atoms with E-state index in [1.54, 1.807) is 0 Å². The van der Waals surface area contributed by atoms with E-state index in [2.05, 4.69) is 41.4 Å². The van der Waals surface area contributed by atoms with Crippen molar-refractivity contribution in [1.82, 2.24) is 5.32 Å². The summed E-state index contributed by atoms with van der Waals surface area (Å²) in [5.41, 5.74) is 3.50. The van der Waals surface area contributed by atoms with Crippen molar-refractivity contribution in [2.75, 3.05) is 31.2 Å². The van der Waals surface area contributed by atoms with E-state index in [1.807, 2.05) is 25.1 Å². The zero-order valence-electron chi connectivity index (χ0n) is 18.0. The molecule has 1 N–H and O–H groups in total. The van der Waals surface area contributed by atoms with Gasteiger partial charge in [-0.2, -0.15) is 0 Å². The standard InChI is InChI=1S/C25H32N2O3/c1-18-4-3-13-27(17-18)22-9-7-21(8-10-22)19(2)26-25(28)12-6-20-5-11-23-24(16-20)30-15-14-29-23/h5,7-11,16,18-19H,3-4,6,12-15,17H2,1-2H3,(H,26,28). The fourth-order valence-electron chi connectivity index (χ4n) is 4.30. The van der Waals surface area contributed by atoms with Crippen LogP contribution in [0.4, 0.5) is 5.69 Å². The molecule has 1 amide bonds. The highest BCUT2D eigenvalue weighted by molar-refractivity contribution is 5.76. The van der Waals surface area contributed by atoms with Gasteiger partial charge in [0, 0.05) is 25.2 Å². The fourth-order valence-corrected chi connectivity index (χ4v) is 4.30. The topological polar surface area (TPSA) is 50.8 Å². The van der Waals surface area contributed by atoms with E-state index in [9.17, 15) is 4.79 Å². The van der Waals surface area contributed by atoms with E-state index in [0.717, 1.165) is 41.6 Å². The molecule has 5 nitrogen and oxygen atoms in total. The minimum atomic E-state index is -0.00732. The molecule has 5 heteroatoms. The molecule has 1 fully saturated rings. The molecule has 0 spiro atoms. The second kappa shape index (κ2) is 9.41. The lowest BCUT2D eigenvalue weighted by Gasteiger charge is -2.33. The van der Waals surface area contributed by atoms with Crippen LogP contribution in [0.25, 0.3) is 0 Å². The molecule has 30 heavy (non-hydrogen) atoms. The van der Waals surface area contributed by atoms with E-state index in [-0.39, 0.29) is 11.9 Å².